The van der Waals surface area contributed by atoms with Crippen LogP contribution in [-0.4, -0.2) is 54.8 Å². The van der Waals surface area contributed by atoms with Crippen LogP contribution in [0.1, 0.15) is 48.9 Å². The van der Waals surface area contributed by atoms with Gasteiger partial charge in [-0.15, -0.1) is 13.2 Å². The van der Waals surface area contributed by atoms with E-state index in [0.29, 0.717) is 18.7 Å². The Morgan fingerprint density at radius 2 is 1.67 bits per heavy atom. The van der Waals surface area contributed by atoms with Crippen LogP contribution in [0.3, 0.4) is 0 Å². The first-order chi connectivity index (χ1) is 12.9. The Hall–Kier alpha value is -1.76. The molecule has 3 rings (SSSR count). The zero-order chi connectivity index (χ0) is 19.3. The molecule has 1 aliphatic carbocycles. The molecule has 0 spiro atoms. The lowest BCUT2D eigenvalue weighted by Crippen LogP contribution is -2.36. The van der Waals surface area contributed by atoms with Gasteiger partial charge in [-0.2, -0.15) is 0 Å². The molecule has 0 atom stereocenters. The fourth-order valence-electron chi connectivity index (χ4n) is 4.07. The van der Waals surface area contributed by atoms with Gasteiger partial charge < -0.3 is 14.5 Å². The second kappa shape index (κ2) is 8.95. The van der Waals surface area contributed by atoms with Crippen LogP contribution in [0.5, 0.6) is 5.75 Å². The van der Waals surface area contributed by atoms with E-state index in [2.05, 4.69) is 9.64 Å². The second-order valence-electron chi connectivity index (χ2n) is 7.52. The largest absolute Gasteiger partial charge is 0.573 e. The van der Waals surface area contributed by atoms with Gasteiger partial charge in [-0.3, -0.25) is 4.79 Å². The third-order valence-electron chi connectivity index (χ3n) is 5.45. The summed E-state index contributed by atoms with van der Waals surface area (Å²) >= 11 is 0. The number of benzene rings is 1. The van der Waals surface area contributed by atoms with Crippen molar-refractivity contribution in [1.82, 2.24) is 9.80 Å². The molecule has 7 heteroatoms. The Bertz CT molecular complexity index is 613. The van der Waals surface area contributed by atoms with Gasteiger partial charge in [0.05, 0.1) is 0 Å². The van der Waals surface area contributed by atoms with Crippen LogP contribution in [0.4, 0.5) is 13.2 Å². The minimum atomic E-state index is -4.72. The number of carbonyl (C=O) groups excluding carboxylic acids is 1. The van der Waals surface area contributed by atoms with Gasteiger partial charge in [-0.1, -0.05) is 19.3 Å². The van der Waals surface area contributed by atoms with E-state index in [4.69, 9.17) is 0 Å². The molecule has 27 heavy (non-hydrogen) atoms. The molecule has 1 aliphatic heterocycles. The van der Waals surface area contributed by atoms with Gasteiger partial charge in [0.1, 0.15) is 5.75 Å². The first-order valence-corrected chi connectivity index (χ1v) is 9.78. The van der Waals surface area contributed by atoms with Crippen molar-refractivity contribution in [3.63, 3.8) is 0 Å². The van der Waals surface area contributed by atoms with E-state index in [-0.39, 0.29) is 11.7 Å². The molecule has 1 saturated carbocycles. The summed E-state index contributed by atoms with van der Waals surface area (Å²) in [6, 6.07) is 5.17. The maximum atomic E-state index is 12.7. The zero-order valence-electron chi connectivity index (χ0n) is 15.5. The molecule has 0 radical (unpaired) electrons. The maximum absolute atomic E-state index is 12.7. The van der Waals surface area contributed by atoms with Gasteiger partial charge in [0.15, 0.2) is 0 Å². The molecule has 0 bridgehead atoms. The summed E-state index contributed by atoms with van der Waals surface area (Å²) in [7, 11) is 0. The number of ether oxygens (including phenoxy) is 1. The molecule has 1 amide bonds. The number of carbonyl (C=O) groups is 1. The molecule has 150 valence electrons. The maximum Gasteiger partial charge on any atom is 0.573 e. The summed E-state index contributed by atoms with van der Waals surface area (Å²) < 4.78 is 40.6. The minimum Gasteiger partial charge on any atom is -0.406 e. The fraction of sp³-hybridized carbons (Fsp3) is 0.650. The van der Waals surface area contributed by atoms with Gasteiger partial charge in [0, 0.05) is 31.7 Å². The molecular formula is C20H27F3N2O2. The lowest BCUT2D eigenvalue weighted by atomic mass is 9.89. The average molecular weight is 384 g/mol. The molecular weight excluding hydrogens is 357 g/mol. The predicted octanol–water partition coefficient (Wildman–Crippen LogP) is 4.31. The fourth-order valence-corrected chi connectivity index (χ4v) is 4.07. The van der Waals surface area contributed by atoms with Crippen LogP contribution in [0.2, 0.25) is 0 Å². The lowest BCUT2D eigenvalue weighted by Gasteiger charge is -2.28. The number of halogens is 3. The van der Waals surface area contributed by atoms with Crippen LogP contribution in [0.15, 0.2) is 24.3 Å². The minimum absolute atomic E-state index is 0.131. The highest BCUT2D eigenvalue weighted by atomic mass is 19.4. The number of alkyl halides is 3. The van der Waals surface area contributed by atoms with Gasteiger partial charge in [-0.25, -0.2) is 0 Å². The molecule has 1 aromatic carbocycles. The standard InChI is InChI=1S/C20H27F3N2O2/c21-20(22,23)27-18-9-7-17(8-10-18)19(26)25-12-4-11-24(13-14-25)15-16-5-2-1-3-6-16/h7-10,16H,1-6,11-15H2. The highest BCUT2D eigenvalue weighted by molar-refractivity contribution is 5.94. The van der Waals surface area contributed by atoms with Crippen LogP contribution >= 0.6 is 0 Å². The summed E-state index contributed by atoms with van der Waals surface area (Å²) in [4.78, 5) is 17.0. The Kier molecular flexibility index (Phi) is 6.63. The van der Waals surface area contributed by atoms with Crippen molar-refractivity contribution >= 4 is 5.91 Å². The van der Waals surface area contributed by atoms with E-state index in [0.717, 1.165) is 32.0 Å². The molecule has 0 unspecified atom stereocenters. The first-order valence-electron chi connectivity index (χ1n) is 9.78. The number of hydrogen-bond acceptors (Lipinski definition) is 3. The number of hydrogen-bond donors (Lipinski definition) is 0. The average Bonchev–Trinajstić information content (AvgIpc) is 2.87. The molecule has 0 N–H and O–H groups in total. The molecule has 4 nitrogen and oxygen atoms in total. The Balaban J connectivity index is 1.52. The molecule has 1 heterocycles. The van der Waals surface area contributed by atoms with Gasteiger partial charge in [-0.05, 0) is 56.0 Å². The Morgan fingerprint density at radius 3 is 2.33 bits per heavy atom. The first kappa shape index (κ1) is 20.0. The van der Waals surface area contributed by atoms with Crippen molar-refractivity contribution in [2.45, 2.75) is 44.9 Å². The Labute approximate surface area is 158 Å². The predicted molar refractivity (Wildman–Crippen MR) is 96.7 cm³/mol. The van der Waals surface area contributed by atoms with Crippen LogP contribution < -0.4 is 4.74 Å². The van der Waals surface area contributed by atoms with E-state index in [1.54, 1.807) is 4.90 Å². The van der Waals surface area contributed by atoms with Gasteiger partial charge in [0.2, 0.25) is 0 Å². The van der Waals surface area contributed by atoms with E-state index in [9.17, 15) is 18.0 Å². The van der Waals surface area contributed by atoms with E-state index >= 15 is 0 Å². The molecule has 2 aliphatic rings. The van der Waals surface area contributed by atoms with Crippen molar-refractivity contribution in [1.29, 1.82) is 0 Å². The molecule has 0 aromatic heterocycles. The number of amides is 1. The van der Waals surface area contributed by atoms with Crippen LogP contribution in [0, 0.1) is 5.92 Å². The third kappa shape index (κ3) is 6.13. The topological polar surface area (TPSA) is 32.8 Å². The normalized spacial score (nSPS) is 20.3. The highest BCUT2D eigenvalue weighted by Crippen LogP contribution is 2.25. The smallest absolute Gasteiger partial charge is 0.406 e. The molecule has 1 saturated heterocycles. The van der Waals surface area contributed by atoms with Crippen molar-refractivity contribution in [2.24, 2.45) is 5.92 Å². The van der Waals surface area contributed by atoms with Crippen molar-refractivity contribution in [3.05, 3.63) is 29.8 Å². The summed E-state index contributed by atoms with van der Waals surface area (Å²) in [5.41, 5.74) is 0.394. The van der Waals surface area contributed by atoms with E-state index < -0.39 is 6.36 Å². The summed E-state index contributed by atoms with van der Waals surface area (Å²) in [5, 5.41) is 0. The third-order valence-corrected chi connectivity index (χ3v) is 5.45. The second-order valence-corrected chi connectivity index (χ2v) is 7.52. The highest BCUT2D eigenvalue weighted by Gasteiger charge is 2.31. The summed E-state index contributed by atoms with van der Waals surface area (Å²) in [5.74, 6) is 0.337. The zero-order valence-corrected chi connectivity index (χ0v) is 15.5. The van der Waals surface area contributed by atoms with E-state index in [1.807, 2.05) is 0 Å². The summed E-state index contributed by atoms with van der Waals surface area (Å²) in [6.45, 7) is 4.31. The van der Waals surface area contributed by atoms with Crippen molar-refractivity contribution in [2.75, 3.05) is 32.7 Å². The Morgan fingerprint density at radius 1 is 0.963 bits per heavy atom. The van der Waals surface area contributed by atoms with Crippen LogP contribution in [-0.2, 0) is 0 Å². The van der Waals surface area contributed by atoms with Crippen molar-refractivity contribution in [3.8, 4) is 5.75 Å². The number of nitrogens with zero attached hydrogens (tertiary/aromatic N) is 2. The quantitative estimate of drug-likeness (QED) is 0.775. The lowest BCUT2D eigenvalue weighted by molar-refractivity contribution is -0.274. The summed E-state index contributed by atoms with van der Waals surface area (Å²) in [6.07, 6.45) is 2.84. The number of rotatable bonds is 4. The molecule has 1 aromatic rings. The van der Waals surface area contributed by atoms with E-state index in [1.165, 1.54) is 56.4 Å². The van der Waals surface area contributed by atoms with Gasteiger partial charge in [0.25, 0.3) is 5.91 Å². The van der Waals surface area contributed by atoms with Crippen LogP contribution in [0.25, 0.3) is 0 Å². The molecule has 2 fully saturated rings. The van der Waals surface area contributed by atoms with Crippen molar-refractivity contribution < 1.29 is 22.7 Å². The monoisotopic (exact) mass is 384 g/mol. The SMILES string of the molecule is O=C(c1ccc(OC(F)(F)F)cc1)N1CCCN(CC2CCCCC2)CC1. The van der Waals surface area contributed by atoms with Gasteiger partial charge >= 0.3 is 6.36 Å².